The molecule has 124 valence electrons. The zero-order valence-corrected chi connectivity index (χ0v) is 15.3. The number of aromatic nitrogens is 2. The van der Waals surface area contributed by atoms with E-state index in [9.17, 15) is 10.4 Å². The molecule has 0 fully saturated rings. The van der Waals surface area contributed by atoms with E-state index in [-0.39, 0.29) is 0 Å². The molecule has 0 aliphatic carbocycles. The molecule has 1 aromatic carbocycles. The summed E-state index contributed by atoms with van der Waals surface area (Å²) < 4.78 is 4.19. The molecule has 0 unspecified atom stereocenters. The molecule has 0 bridgehead atoms. The number of hydrogen-bond acceptors (Lipinski definition) is 6. The number of aliphatic hydroxyl groups is 1. The van der Waals surface area contributed by atoms with Crippen LogP contribution in [0.3, 0.4) is 0 Å². The molecule has 5 nitrogen and oxygen atoms in total. The molecule has 0 radical (unpaired) electrons. The highest BCUT2D eigenvalue weighted by Gasteiger charge is 2.16. The first-order chi connectivity index (χ1) is 11.4. The minimum atomic E-state index is -0.759. The van der Waals surface area contributed by atoms with Gasteiger partial charge in [0, 0.05) is 35.3 Å². The standard InChI is InChI=1S/C17H18N4OS2/c1-10-4-5-13(15-14(10)11(7-18)8-19-15)21-24-16-20-12(9-23-16)6-17(2,3)22/h4-5,8-9,19,21-22H,6H2,1-3H3. The van der Waals surface area contributed by atoms with Gasteiger partial charge in [-0.25, -0.2) is 4.98 Å². The van der Waals surface area contributed by atoms with Crippen molar-refractivity contribution in [2.45, 2.75) is 37.1 Å². The number of anilines is 1. The van der Waals surface area contributed by atoms with Crippen LogP contribution in [0.15, 0.2) is 28.0 Å². The Morgan fingerprint density at radius 1 is 1.46 bits per heavy atom. The van der Waals surface area contributed by atoms with Crippen LogP contribution in [0, 0.1) is 18.3 Å². The van der Waals surface area contributed by atoms with Crippen LogP contribution in [0.5, 0.6) is 0 Å². The second kappa shape index (κ2) is 6.48. The molecule has 0 spiro atoms. The van der Waals surface area contributed by atoms with Gasteiger partial charge in [-0.3, -0.25) is 0 Å². The fraction of sp³-hybridized carbons (Fsp3) is 0.294. The summed E-state index contributed by atoms with van der Waals surface area (Å²) in [6, 6.07) is 6.21. The monoisotopic (exact) mass is 358 g/mol. The lowest BCUT2D eigenvalue weighted by Gasteiger charge is -2.14. The Morgan fingerprint density at radius 3 is 2.96 bits per heavy atom. The number of benzene rings is 1. The average Bonchev–Trinajstić information content (AvgIpc) is 3.12. The minimum absolute atomic E-state index is 0.529. The van der Waals surface area contributed by atoms with E-state index < -0.39 is 5.60 Å². The lowest BCUT2D eigenvalue weighted by atomic mass is 10.0. The number of nitriles is 1. The third kappa shape index (κ3) is 3.56. The summed E-state index contributed by atoms with van der Waals surface area (Å²) in [5.41, 5.74) is 3.69. The summed E-state index contributed by atoms with van der Waals surface area (Å²) in [5, 5.41) is 22.0. The van der Waals surface area contributed by atoms with Crippen molar-refractivity contribution in [3.8, 4) is 6.07 Å². The molecule has 3 rings (SSSR count). The van der Waals surface area contributed by atoms with Crippen LogP contribution in [-0.4, -0.2) is 20.7 Å². The Morgan fingerprint density at radius 2 is 2.25 bits per heavy atom. The fourth-order valence-corrected chi connectivity index (χ4v) is 4.09. The number of nitrogens with zero attached hydrogens (tertiary/aromatic N) is 2. The van der Waals surface area contributed by atoms with Gasteiger partial charge < -0.3 is 14.8 Å². The van der Waals surface area contributed by atoms with Crippen LogP contribution in [0.4, 0.5) is 5.69 Å². The predicted molar refractivity (Wildman–Crippen MR) is 99.3 cm³/mol. The lowest BCUT2D eigenvalue weighted by molar-refractivity contribution is 0.0800. The SMILES string of the molecule is Cc1ccc(NSc2nc(CC(C)(C)O)cs2)c2[nH]cc(C#N)c12. The van der Waals surface area contributed by atoms with Crippen molar-refractivity contribution in [3.05, 3.63) is 40.5 Å². The first-order valence-electron chi connectivity index (χ1n) is 7.48. The predicted octanol–water partition coefficient (Wildman–Crippen LogP) is 4.24. The number of thiazole rings is 1. The van der Waals surface area contributed by atoms with Crippen molar-refractivity contribution in [1.82, 2.24) is 9.97 Å². The Bertz CT molecular complexity index is 915. The van der Waals surface area contributed by atoms with E-state index in [1.54, 1.807) is 31.4 Å². The van der Waals surface area contributed by atoms with Crippen molar-refractivity contribution in [1.29, 1.82) is 5.26 Å². The van der Waals surface area contributed by atoms with Gasteiger partial charge in [0.05, 0.1) is 28.1 Å². The highest BCUT2D eigenvalue weighted by molar-refractivity contribution is 8.02. The van der Waals surface area contributed by atoms with E-state index in [1.165, 1.54) is 11.9 Å². The molecular formula is C17H18N4OS2. The molecule has 7 heteroatoms. The highest BCUT2D eigenvalue weighted by Crippen LogP contribution is 2.32. The van der Waals surface area contributed by atoms with Crippen LogP contribution >= 0.6 is 23.3 Å². The quantitative estimate of drug-likeness (QED) is 0.594. The molecule has 0 aliphatic heterocycles. The van der Waals surface area contributed by atoms with Crippen molar-refractivity contribution >= 4 is 39.9 Å². The number of rotatable bonds is 5. The summed E-state index contributed by atoms with van der Waals surface area (Å²) >= 11 is 2.97. The Kier molecular flexibility index (Phi) is 4.54. The zero-order valence-electron chi connectivity index (χ0n) is 13.7. The van der Waals surface area contributed by atoms with Crippen LogP contribution < -0.4 is 4.72 Å². The average molecular weight is 358 g/mol. The third-order valence-electron chi connectivity index (χ3n) is 3.56. The van der Waals surface area contributed by atoms with Gasteiger partial charge in [-0.15, -0.1) is 11.3 Å². The van der Waals surface area contributed by atoms with Crippen molar-refractivity contribution < 1.29 is 5.11 Å². The maximum atomic E-state index is 9.87. The van der Waals surface area contributed by atoms with Gasteiger partial charge in [0.1, 0.15) is 6.07 Å². The van der Waals surface area contributed by atoms with Gasteiger partial charge in [-0.05, 0) is 32.4 Å². The molecule has 24 heavy (non-hydrogen) atoms. The third-order valence-corrected chi connectivity index (χ3v) is 5.37. The molecule has 0 saturated heterocycles. The first-order valence-corrected chi connectivity index (χ1v) is 9.17. The summed E-state index contributed by atoms with van der Waals surface area (Å²) in [4.78, 5) is 7.70. The van der Waals surface area contributed by atoms with E-state index in [1.807, 2.05) is 24.4 Å². The maximum absolute atomic E-state index is 9.87. The molecule has 3 N–H and O–H groups in total. The van der Waals surface area contributed by atoms with Crippen LogP contribution in [0.2, 0.25) is 0 Å². The maximum Gasteiger partial charge on any atom is 0.170 e. The Balaban J connectivity index is 1.78. The number of nitrogens with one attached hydrogen (secondary N) is 2. The van der Waals surface area contributed by atoms with Crippen molar-refractivity contribution in [2.75, 3.05) is 4.72 Å². The van der Waals surface area contributed by atoms with Gasteiger partial charge in [-0.2, -0.15) is 5.26 Å². The van der Waals surface area contributed by atoms with Gasteiger partial charge in [0.25, 0.3) is 0 Å². The second-order valence-electron chi connectivity index (χ2n) is 6.29. The normalized spacial score (nSPS) is 11.6. The fourth-order valence-electron chi connectivity index (χ4n) is 2.55. The Hall–Kier alpha value is -2.01. The highest BCUT2D eigenvalue weighted by atomic mass is 32.2. The minimum Gasteiger partial charge on any atom is -0.390 e. The van der Waals surface area contributed by atoms with E-state index in [0.717, 1.165) is 32.2 Å². The number of hydrogen-bond donors (Lipinski definition) is 3. The molecule has 2 heterocycles. The summed E-state index contributed by atoms with van der Waals surface area (Å²) in [7, 11) is 0. The lowest BCUT2D eigenvalue weighted by Crippen LogP contribution is -2.21. The topological polar surface area (TPSA) is 84.7 Å². The Labute approximate surface area is 148 Å². The zero-order chi connectivity index (χ0) is 17.3. The van der Waals surface area contributed by atoms with E-state index >= 15 is 0 Å². The van der Waals surface area contributed by atoms with E-state index in [2.05, 4.69) is 20.8 Å². The van der Waals surface area contributed by atoms with E-state index in [4.69, 9.17) is 0 Å². The number of fused-ring (bicyclic) bond motifs is 1. The van der Waals surface area contributed by atoms with Gasteiger partial charge in [0.15, 0.2) is 4.34 Å². The number of aromatic amines is 1. The van der Waals surface area contributed by atoms with Crippen LogP contribution in [-0.2, 0) is 6.42 Å². The first kappa shape index (κ1) is 16.8. The van der Waals surface area contributed by atoms with Gasteiger partial charge in [0.2, 0.25) is 0 Å². The van der Waals surface area contributed by atoms with Crippen LogP contribution in [0.25, 0.3) is 10.9 Å². The molecule has 2 aromatic heterocycles. The van der Waals surface area contributed by atoms with Crippen LogP contribution in [0.1, 0.15) is 30.7 Å². The van der Waals surface area contributed by atoms with Gasteiger partial charge in [-0.1, -0.05) is 6.07 Å². The van der Waals surface area contributed by atoms with E-state index in [0.29, 0.717) is 12.0 Å². The molecule has 3 aromatic rings. The summed E-state index contributed by atoms with van der Waals surface area (Å²) in [5.74, 6) is 0. The largest absolute Gasteiger partial charge is 0.390 e. The summed E-state index contributed by atoms with van der Waals surface area (Å²) in [6.45, 7) is 5.55. The molecule has 0 saturated carbocycles. The molecule has 0 aliphatic rings. The number of H-pyrrole nitrogens is 1. The smallest absolute Gasteiger partial charge is 0.170 e. The summed E-state index contributed by atoms with van der Waals surface area (Å²) in [6.07, 6.45) is 2.26. The number of aryl methyl sites for hydroxylation is 1. The molecule has 0 amide bonds. The van der Waals surface area contributed by atoms with Crippen molar-refractivity contribution in [3.63, 3.8) is 0 Å². The second-order valence-corrected chi connectivity index (χ2v) is 8.20. The van der Waals surface area contributed by atoms with Crippen molar-refractivity contribution in [2.24, 2.45) is 0 Å². The van der Waals surface area contributed by atoms with Gasteiger partial charge >= 0.3 is 0 Å². The molecular weight excluding hydrogens is 340 g/mol. The molecule has 0 atom stereocenters.